The molecular weight excluding hydrogens is 226 g/mol. The van der Waals surface area contributed by atoms with Gasteiger partial charge in [0.2, 0.25) is 0 Å². The van der Waals surface area contributed by atoms with Gasteiger partial charge < -0.3 is 10.8 Å². The van der Waals surface area contributed by atoms with E-state index in [-0.39, 0.29) is 18.7 Å². The van der Waals surface area contributed by atoms with Crippen LogP contribution in [-0.4, -0.2) is 40.2 Å². The second kappa shape index (κ2) is 7.46. The summed E-state index contributed by atoms with van der Waals surface area (Å²) < 4.78 is 0. The van der Waals surface area contributed by atoms with Crippen LogP contribution in [-0.2, 0) is 0 Å². The molecule has 4 heteroatoms. The molecule has 102 valence electrons. The first kappa shape index (κ1) is 15.1. The predicted octanol–water partition coefficient (Wildman–Crippen LogP) is 1.56. The molecule has 0 fully saturated rings. The molecule has 0 aromatic carbocycles. The monoisotopic (exact) mass is 251 g/mol. The number of rotatable bonds is 7. The summed E-state index contributed by atoms with van der Waals surface area (Å²) in [6.07, 6.45) is 4.49. The van der Waals surface area contributed by atoms with Gasteiger partial charge in [0.05, 0.1) is 12.6 Å². The smallest absolute Gasteiger partial charge is 0.0558 e. The maximum absolute atomic E-state index is 9.24. The van der Waals surface area contributed by atoms with Crippen LogP contribution in [0.25, 0.3) is 0 Å². The van der Waals surface area contributed by atoms with Crippen LogP contribution in [0.15, 0.2) is 24.5 Å². The summed E-state index contributed by atoms with van der Waals surface area (Å²) in [4.78, 5) is 6.31. The average molecular weight is 251 g/mol. The minimum absolute atomic E-state index is 0.0568. The average Bonchev–Trinajstić information content (AvgIpc) is 2.39. The van der Waals surface area contributed by atoms with E-state index in [0.717, 1.165) is 6.42 Å². The number of aromatic nitrogens is 1. The molecule has 2 atom stereocenters. The number of pyridine rings is 1. The van der Waals surface area contributed by atoms with Gasteiger partial charge >= 0.3 is 0 Å². The van der Waals surface area contributed by atoms with E-state index in [4.69, 9.17) is 5.73 Å². The molecule has 0 aliphatic heterocycles. The van der Waals surface area contributed by atoms with E-state index in [2.05, 4.69) is 30.7 Å². The maximum Gasteiger partial charge on any atom is 0.0558 e. The van der Waals surface area contributed by atoms with Gasteiger partial charge in [0.25, 0.3) is 0 Å². The van der Waals surface area contributed by atoms with E-state index in [1.165, 1.54) is 5.56 Å². The van der Waals surface area contributed by atoms with Crippen LogP contribution in [0.1, 0.15) is 38.8 Å². The van der Waals surface area contributed by atoms with Crippen molar-refractivity contribution in [2.24, 2.45) is 5.73 Å². The molecule has 0 aliphatic carbocycles. The van der Waals surface area contributed by atoms with Crippen molar-refractivity contribution in [2.75, 3.05) is 13.2 Å². The molecule has 2 unspecified atom stereocenters. The third-order valence-electron chi connectivity index (χ3n) is 3.30. The molecule has 3 N–H and O–H groups in total. The van der Waals surface area contributed by atoms with Crippen LogP contribution in [0.3, 0.4) is 0 Å². The van der Waals surface area contributed by atoms with Crippen molar-refractivity contribution in [3.63, 3.8) is 0 Å². The third-order valence-corrected chi connectivity index (χ3v) is 3.30. The standard InChI is InChI=1S/C14H25N3O/c1-4-13(15)14(12-5-7-16-8-6-12)17(9-10-18)11(2)3/h5-8,11,13-14,18H,4,9-10,15H2,1-3H3. The van der Waals surface area contributed by atoms with Gasteiger partial charge in [-0.2, -0.15) is 0 Å². The minimum Gasteiger partial charge on any atom is -0.395 e. The van der Waals surface area contributed by atoms with Crippen LogP contribution in [0.5, 0.6) is 0 Å². The molecule has 1 rings (SSSR count). The number of aliphatic hydroxyl groups is 1. The van der Waals surface area contributed by atoms with Gasteiger partial charge in [-0.05, 0) is 38.0 Å². The fourth-order valence-electron chi connectivity index (χ4n) is 2.30. The van der Waals surface area contributed by atoms with Crippen molar-refractivity contribution in [2.45, 2.75) is 45.3 Å². The molecule has 1 aromatic rings. The molecule has 0 saturated carbocycles. The van der Waals surface area contributed by atoms with Crippen LogP contribution in [0.2, 0.25) is 0 Å². The van der Waals surface area contributed by atoms with Crippen molar-refractivity contribution in [1.29, 1.82) is 0 Å². The Morgan fingerprint density at radius 1 is 1.33 bits per heavy atom. The highest BCUT2D eigenvalue weighted by molar-refractivity contribution is 5.17. The number of nitrogens with zero attached hydrogens (tertiary/aromatic N) is 2. The molecule has 4 nitrogen and oxygen atoms in total. The zero-order valence-electron chi connectivity index (χ0n) is 11.6. The van der Waals surface area contributed by atoms with Gasteiger partial charge in [0.15, 0.2) is 0 Å². The molecular formula is C14H25N3O. The summed E-state index contributed by atoms with van der Waals surface area (Å²) in [5, 5.41) is 9.24. The maximum atomic E-state index is 9.24. The Morgan fingerprint density at radius 3 is 2.39 bits per heavy atom. The summed E-state index contributed by atoms with van der Waals surface area (Å²) in [6, 6.07) is 4.54. The largest absolute Gasteiger partial charge is 0.395 e. The van der Waals surface area contributed by atoms with E-state index >= 15 is 0 Å². The first-order valence-electron chi connectivity index (χ1n) is 6.63. The van der Waals surface area contributed by atoms with Crippen LogP contribution < -0.4 is 5.73 Å². The lowest BCUT2D eigenvalue weighted by atomic mass is 9.96. The highest BCUT2D eigenvalue weighted by Crippen LogP contribution is 2.26. The summed E-state index contributed by atoms with van der Waals surface area (Å²) in [6.45, 7) is 7.14. The second-order valence-corrected chi connectivity index (χ2v) is 4.85. The fourth-order valence-corrected chi connectivity index (χ4v) is 2.30. The summed E-state index contributed by atoms with van der Waals surface area (Å²) in [5.41, 5.74) is 7.44. The molecule has 18 heavy (non-hydrogen) atoms. The number of hydrogen-bond donors (Lipinski definition) is 2. The summed E-state index contributed by atoms with van der Waals surface area (Å²) in [5.74, 6) is 0. The highest BCUT2D eigenvalue weighted by atomic mass is 16.3. The predicted molar refractivity (Wildman–Crippen MR) is 74.2 cm³/mol. The first-order chi connectivity index (χ1) is 8.61. The Morgan fingerprint density at radius 2 is 1.94 bits per heavy atom. The lowest BCUT2D eigenvalue weighted by molar-refractivity contribution is 0.101. The molecule has 0 radical (unpaired) electrons. The van der Waals surface area contributed by atoms with Gasteiger partial charge in [-0.15, -0.1) is 0 Å². The zero-order valence-corrected chi connectivity index (χ0v) is 11.6. The van der Waals surface area contributed by atoms with Gasteiger partial charge in [-0.25, -0.2) is 0 Å². The number of nitrogens with two attached hydrogens (primary N) is 1. The topological polar surface area (TPSA) is 62.4 Å². The zero-order chi connectivity index (χ0) is 13.5. The van der Waals surface area contributed by atoms with Crippen LogP contribution >= 0.6 is 0 Å². The Hall–Kier alpha value is -0.970. The van der Waals surface area contributed by atoms with Crippen molar-refractivity contribution < 1.29 is 5.11 Å². The third kappa shape index (κ3) is 3.77. The van der Waals surface area contributed by atoms with Crippen molar-refractivity contribution in [1.82, 2.24) is 9.88 Å². The molecule has 0 spiro atoms. The Labute approximate surface area is 110 Å². The number of hydrogen-bond acceptors (Lipinski definition) is 4. The van der Waals surface area contributed by atoms with E-state index in [0.29, 0.717) is 12.6 Å². The lowest BCUT2D eigenvalue weighted by Gasteiger charge is -2.38. The molecule has 1 heterocycles. The minimum atomic E-state index is 0.0568. The highest BCUT2D eigenvalue weighted by Gasteiger charge is 2.27. The van der Waals surface area contributed by atoms with Crippen molar-refractivity contribution in [3.8, 4) is 0 Å². The molecule has 0 aliphatic rings. The van der Waals surface area contributed by atoms with Gasteiger partial charge in [0.1, 0.15) is 0 Å². The molecule has 0 saturated heterocycles. The SMILES string of the molecule is CCC(N)C(c1ccncc1)N(CCO)C(C)C. The Balaban J connectivity index is 3.03. The van der Waals surface area contributed by atoms with Gasteiger partial charge in [-0.3, -0.25) is 9.88 Å². The van der Waals surface area contributed by atoms with Gasteiger partial charge in [-0.1, -0.05) is 6.92 Å². The number of aliphatic hydroxyl groups excluding tert-OH is 1. The molecule has 0 bridgehead atoms. The van der Waals surface area contributed by atoms with E-state index in [1.54, 1.807) is 12.4 Å². The second-order valence-electron chi connectivity index (χ2n) is 4.85. The Kier molecular flexibility index (Phi) is 6.25. The summed E-state index contributed by atoms with van der Waals surface area (Å²) >= 11 is 0. The van der Waals surface area contributed by atoms with Crippen molar-refractivity contribution >= 4 is 0 Å². The van der Waals surface area contributed by atoms with E-state index < -0.39 is 0 Å². The molecule has 1 aromatic heterocycles. The van der Waals surface area contributed by atoms with Crippen LogP contribution in [0.4, 0.5) is 0 Å². The van der Waals surface area contributed by atoms with Gasteiger partial charge in [0, 0.05) is 31.0 Å². The van der Waals surface area contributed by atoms with E-state index in [1.807, 2.05) is 12.1 Å². The summed E-state index contributed by atoms with van der Waals surface area (Å²) in [7, 11) is 0. The van der Waals surface area contributed by atoms with E-state index in [9.17, 15) is 5.11 Å². The molecule has 0 amide bonds. The lowest BCUT2D eigenvalue weighted by Crippen LogP contribution is -2.45. The van der Waals surface area contributed by atoms with Crippen LogP contribution in [0, 0.1) is 0 Å². The first-order valence-corrected chi connectivity index (χ1v) is 6.63. The fraction of sp³-hybridized carbons (Fsp3) is 0.643. The Bertz CT molecular complexity index is 329. The normalized spacial score (nSPS) is 15.1. The quantitative estimate of drug-likeness (QED) is 0.772. The van der Waals surface area contributed by atoms with Crippen molar-refractivity contribution in [3.05, 3.63) is 30.1 Å².